The minimum atomic E-state index is -0.101. The van der Waals surface area contributed by atoms with Crippen molar-refractivity contribution in [3.63, 3.8) is 0 Å². The van der Waals surface area contributed by atoms with Crippen molar-refractivity contribution in [1.82, 2.24) is 30.0 Å². The number of nitrogens with two attached hydrogens (primary N) is 1. The van der Waals surface area contributed by atoms with E-state index in [4.69, 9.17) is 25.4 Å². The number of nitrogens with one attached hydrogen (secondary N) is 1. The summed E-state index contributed by atoms with van der Waals surface area (Å²) < 4.78 is 5.86. The van der Waals surface area contributed by atoms with E-state index in [0.29, 0.717) is 11.3 Å². The molecular weight excluding hydrogens is 470 g/mol. The second kappa shape index (κ2) is 8.91. The highest BCUT2D eigenvalue weighted by molar-refractivity contribution is 5.93. The first kappa shape index (κ1) is 24.1. The van der Waals surface area contributed by atoms with Gasteiger partial charge in [0.1, 0.15) is 11.5 Å². The van der Waals surface area contributed by atoms with Crippen LogP contribution in [-0.2, 0) is 4.74 Å². The van der Waals surface area contributed by atoms with Crippen LogP contribution in [0.3, 0.4) is 0 Å². The molecule has 11 nitrogen and oxygen atoms in total. The third-order valence-electron chi connectivity index (χ3n) is 8.50. The molecule has 1 spiro atoms. The fourth-order valence-electron chi connectivity index (χ4n) is 5.98. The first-order chi connectivity index (χ1) is 17.8. The Bertz CT molecular complexity index is 1330. The first-order valence-electron chi connectivity index (χ1n) is 13.1. The Morgan fingerprint density at radius 2 is 1.97 bits per heavy atom. The van der Waals surface area contributed by atoms with Gasteiger partial charge in [0.25, 0.3) is 5.91 Å². The highest BCUT2D eigenvalue weighted by atomic mass is 16.5. The van der Waals surface area contributed by atoms with Crippen LogP contribution in [0, 0.1) is 5.41 Å². The number of rotatable bonds is 3. The topological polar surface area (TPSA) is 129 Å². The maximum absolute atomic E-state index is 12.5. The van der Waals surface area contributed by atoms with Crippen molar-refractivity contribution in [2.24, 2.45) is 11.1 Å². The molecule has 6 rings (SSSR count). The first-order valence-corrected chi connectivity index (χ1v) is 13.1. The molecular formula is C26H35N9O2. The predicted molar refractivity (Wildman–Crippen MR) is 141 cm³/mol. The predicted octanol–water partition coefficient (Wildman–Crippen LogP) is 2.43. The Morgan fingerprint density at radius 1 is 1.19 bits per heavy atom. The van der Waals surface area contributed by atoms with Gasteiger partial charge in [-0.1, -0.05) is 6.92 Å². The lowest BCUT2D eigenvalue weighted by Gasteiger charge is -2.41. The van der Waals surface area contributed by atoms with Gasteiger partial charge in [0.2, 0.25) is 0 Å². The molecule has 3 N–H and O–H groups in total. The van der Waals surface area contributed by atoms with Crippen LogP contribution in [-0.4, -0.2) is 88.4 Å². The molecule has 2 fully saturated rings. The van der Waals surface area contributed by atoms with E-state index in [2.05, 4.69) is 33.8 Å². The number of hydrogen-bond acceptors (Lipinski definition) is 9. The summed E-state index contributed by atoms with van der Waals surface area (Å²) >= 11 is 0. The molecule has 0 saturated carbocycles. The van der Waals surface area contributed by atoms with Crippen molar-refractivity contribution >= 4 is 34.4 Å². The average molecular weight is 506 g/mol. The minimum Gasteiger partial charge on any atom is -0.376 e. The van der Waals surface area contributed by atoms with Crippen LogP contribution >= 0.6 is 0 Å². The zero-order valence-corrected chi connectivity index (χ0v) is 21.9. The molecule has 196 valence electrons. The van der Waals surface area contributed by atoms with E-state index in [1.807, 2.05) is 12.3 Å². The van der Waals surface area contributed by atoms with E-state index < -0.39 is 0 Å². The van der Waals surface area contributed by atoms with Crippen LogP contribution in [0.1, 0.15) is 55.2 Å². The van der Waals surface area contributed by atoms with Crippen molar-refractivity contribution in [3.8, 4) is 0 Å². The summed E-state index contributed by atoms with van der Waals surface area (Å²) in [6, 6.07) is 3.84. The number of ether oxygens (including phenoxy) is 1. The van der Waals surface area contributed by atoms with Crippen LogP contribution in [0.15, 0.2) is 18.3 Å². The van der Waals surface area contributed by atoms with Gasteiger partial charge in [-0.3, -0.25) is 9.89 Å². The summed E-state index contributed by atoms with van der Waals surface area (Å²) in [5.41, 5.74) is 10.3. The molecule has 1 amide bonds. The molecule has 3 aliphatic heterocycles. The molecule has 2 saturated heterocycles. The van der Waals surface area contributed by atoms with Gasteiger partial charge in [0.05, 0.1) is 30.3 Å². The summed E-state index contributed by atoms with van der Waals surface area (Å²) in [4.78, 5) is 32.9. The standard InChI is InChI=1S/C26H35N9O2/c1-15-7-10-35(18-6-5-17(29-20(15)18)25(36)33(3)4)24-21-23(31-32-24)30-19(13-28-21)34-11-8-26(9-12-34)14-37-16(2)22(26)27/h5-6,13,15-16,22H,7-12,14,27H2,1-4H3,(H,30,31,32)/t15-,16+,22-/m1/s1. The Hall–Kier alpha value is -3.31. The summed E-state index contributed by atoms with van der Waals surface area (Å²) in [7, 11) is 3.48. The normalized spacial score (nSPS) is 25.1. The number of aromatic nitrogens is 5. The van der Waals surface area contributed by atoms with Gasteiger partial charge in [0.15, 0.2) is 17.0 Å². The molecule has 0 aliphatic carbocycles. The molecule has 3 aromatic rings. The van der Waals surface area contributed by atoms with Gasteiger partial charge in [-0.25, -0.2) is 15.0 Å². The monoisotopic (exact) mass is 505 g/mol. The lowest BCUT2D eigenvalue weighted by Crippen LogP contribution is -2.50. The Labute approximate surface area is 216 Å². The van der Waals surface area contributed by atoms with Gasteiger partial charge in [-0.2, -0.15) is 5.10 Å². The number of aromatic amines is 1. The van der Waals surface area contributed by atoms with Gasteiger partial charge in [-0.05, 0) is 38.3 Å². The lowest BCUT2D eigenvalue weighted by molar-refractivity contribution is 0.0821. The number of carbonyl (C=O) groups is 1. The number of carbonyl (C=O) groups excluding carboxylic acids is 1. The van der Waals surface area contributed by atoms with E-state index in [1.165, 1.54) is 0 Å². The lowest BCUT2D eigenvalue weighted by atomic mass is 9.73. The number of fused-ring (bicyclic) bond motifs is 2. The number of anilines is 3. The Balaban J connectivity index is 1.25. The molecule has 3 aromatic heterocycles. The van der Waals surface area contributed by atoms with E-state index >= 15 is 0 Å². The maximum Gasteiger partial charge on any atom is 0.271 e. The van der Waals surface area contributed by atoms with Crippen LogP contribution in [0.25, 0.3) is 11.2 Å². The molecule has 0 radical (unpaired) electrons. The molecule has 0 bridgehead atoms. The summed E-state index contributed by atoms with van der Waals surface area (Å²) in [6.45, 7) is 7.50. The number of amides is 1. The number of piperidine rings is 1. The summed E-state index contributed by atoms with van der Waals surface area (Å²) in [5.74, 6) is 1.72. The van der Waals surface area contributed by atoms with Crippen LogP contribution in [0.5, 0.6) is 0 Å². The molecule has 0 unspecified atom stereocenters. The van der Waals surface area contributed by atoms with Gasteiger partial charge >= 0.3 is 0 Å². The van der Waals surface area contributed by atoms with E-state index in [1.54, 1.807) is 25.1 Å². The fraction of sp³-hybridized carbons (Fsp3) is 0.577. The van der Waals surface area contributed by atoms with Gasteiger partial charge < -0.3 is 25.2 Å². The van der Waals surface area contributed by atoms with Crippen molar-refractivity contribution < 1.29 is 9.53 Å². The molecule has 37 heavy (non-hydrogen) atoms. The number of pyridine rings is 1. The zero-order chi connectivity index (χ0) is 25.9. The van der Waals surface area contributed by atoms with Crippen molar-refractivity contribution in [1.29, 1.82) is 0 Å². The van der Waals surface area contributed by atoms with Crippen LogP contribution in [0.4, 0.5) is 17.3 Å². The third kappa shape index (κ3) is 3.91. The van der Waals surface area contributed by atoms with Gasteiger partial charge in [-0.15, -0.1) is 0 Å². The largest absolute Gasteiger partial charge is 0.376 e. The average Bonchev–Trinajstić information content (AvgIpc) is 3.45. The third-order valence-corrected chi connectivity index (χ3v) is 8.50. The van der Waals surface area contributed by atoms with Crippen molar-refractivity contribution in [3.05, 3.63) is 29.7 Å². The quantitative estimate of drug-likeness (QED) is 0.551. The molecule has 6 heterocycles. The molecule has 0 aromatic carbocycles. The molecule has 3 atom stereocenters. The van der Waals surface area contributed by atoms with E-state index in [9.17, 15) is 4.79 Å². The number of hydrogen-bond donors (Lipinski definition) is 2. The second-order valence-corrected chi connectivity index (χ2v) is 11.0. The van der Waals surface area contributed by atoms with E-state index in [-0.39, 0.29) is 29.4 Å². The Kier molecular flexibility index (Phi) is 5.79. The smallest absolute Gasteiger partial charge is 0.271 e. The van der Waals surface area contributed by atoms with E-state index in [0.717, 1.165) is 74.0 Å². The zero-order valence-electron chi connectivity index (χ0n) is 21.9. The van der Waals surface area contributed by atoms with Crippen LogP contribution in [0.2, 0.25) is 0 Å². The molecule has 3 aliphatic rings. The summed E-state index contributed by atoms with van der Waals surface area (Å²) in [5, 5.41) is 7.71. The second-order valence-electron chi connectivity index (χ2n) is 11.0. The van der Waals surface area contributed by atoms with Crippen molar-refractivity contribution in [2.75, 3.05) is 50.1 Å². The van der Waals surface area contributed by atoms with Gasteiger partial charge in [0, 0.05) is 51.1 Å². The maximum atomic E-state index is 12.5. The highest BCUT2D eigenvalue weighted by Gasteiger charge is 2.47. The molecule has 11 heteroatoms. The summed E-state index contributed by atoms with van der Waals surface area (Å²) in [6.07, 6.45) is 4.84. The number of nitrogens with zero attached hydrogens (tertiary/aromatic N) is 7. The highest BCUT2D eigenvalue weighted by Crippen LogP contribution is 2.42. The number of H-pyrrole nitrogens is 1. The minimum absolute atomic E-state index is 0.0679. The SMILES string of the molecule is C[C@@H]1CCN(c2n[nH]c3nc(N4CCC5(CC4)CO[C@@H](C)[C@H]5N)cnc23)c2ccc(C(=O)N(C)C)nc21. The van der Waals surface area contributed by atoms with Crippen LogP contribution < -0.4 is 15.5 Å². The Morgan fingerprint density at radius 3 is 2.68 bits per heavy atom. The fourth-order valence-corrected chi connectivity index (χ4v) is 5.98. The van der Waals surface area contributed by atoms with Crippen molar-refractivity contribution in [2.45, 2.75) is 51.2 Å².